The fourth-order valence-corrected chi connectivity index (χ4v) is 4.53. The Morgan fingerprint density at radius 2 is 1.83 bits per heavy atom. The molecule has 0 radical (unpaired) electrons. The normalized spacial score (nSPS) is 13.6. The minimum absolute atomic E-state index is 0.0783. The zero-order valence-corrected chi connectivity index (χ0v) is 22.8. The topological polar surface area (TPSA) is 117 Å². The van der Waals surface area contributed by atoms with Gasteiger partial charge in [-0.1, -0.05) is 0 Å². The number of aromatic nitrogens is 3. The number of amides is 1. The Labute approximate surface area is 235 Å². The number of rotatable bonds is 10. The number of morpholine rings is 1. The highest BCUT2D eigenvalue weighted by Crippen LogP contribution is 2.32. The molecule has 2 aromatic heterocycles. The Bertz CT molecular complexity index is 1550. The zero-order chi connectivity index (χ0) is 28.8. The van der Waals surface area contributed by atoms with Crippen molar-refractivity contribution in [3.8, 4) is 22.8 Å². The monoisotopic (exact) mass is 563 g/mol. The number of halogens is 1. The van der Waals surface area contributed by atoms with Gasteiger partial charge in [-0.05, 0) is 48.9 Å². The van der Waals surface area contributed by atoms with Crippen LogP contribution in [0.2, 0.25) is 0 Å². The molecule has 1 fully saturated rings. The molecule has 1 aliphatic rings. The summed E-state index contributed by atoms with van der Waals surface area (Å²) in [6.07, 6.45) is 2.25. The number of hydrogen-bond acceptors (Lipinski definition) is 9. The summed E-state index contributed by atoms with van der Waals surface area (Å²) >= 11 is 0. The molecule has 2 aromatic carbocycles. The first-order valence-corrected chi connectivity index (χ1v) is 13.1. The first-order valence-electron chi connectivity index (χ1n) is 13.1. The molecule has 0 aliphatic carbocycles. The van der Waals surface area contributed by atoms with Gasteiger partial charge in [0.15, 0.2) is 22.8 Å². The quantitative estimate of drug-likeness (QED) is 0.228. The SMILES string of the molecule is COc1ccc(-c2ccnc3cc(C(=O)Nc4ccc(C(=O)OCCCN5CCOCC5)c(F)c4)nn23)cc1OC. The van der Waals surface area contributed by atoms with Gasteiger partial charge < -0.3 is 24.3 Å². The summed E-state index contributed by atoms with van der Waals surface area (Å²) in [5.41, 5.74) is 1.94. The number of anilines is 1. The maximum atomic E-state index is 14.8. The maximum absolute atomic E-state index is 14.8. The molecule has 0 unspecified atom stereocenters. The molecule has 5 rings (SSSR count). The average Bonchev–Trinajstić information content (AvgIpc) is 3.44. The Morgan fingerprint density at radius 3 is 2.59 bits per heavy atom. The van der Waals surface area contributed by atoms with Crippen molar-refractivity contribution in [2.24, 2.45) is 0 Å². The van der Waals surface area contributed by atoms with Crippen molar-refractivity contribution < 1.29 is 32.9 Å². The Kier molecular flexibility index (Phi) is 8.70. The van der Waals surface area contributed by atoms with Crippen LogP contribution in [0.5, 0.6) is 11.5 Å². The van der Waals surface area contributed by atoms with Gasteiger partial charge in [0.25, 0.3) is 5.91 Å². The minimum Gasteiger partial charge on any atom is -0.493 e. The molecular formula is C29H30FN5O6. The number of nitrogens with zero attached hydrogens (tertiary/aromatic N) is 4. The van der Waals surface area contributed by atoms with Crippen molar-refractivity contribution in [1.29, 1.82) is 0 Å². The van der Waals surface area contributed by atoms with E-state index in [9.17, 15) is 14.0 Å². The highest BCUT2D eigenvalue weighted by molar-refractivity contribution is 6.03. The van der Waals surface area contributed by atoms with E-state index in [0.717, 1.165) is 31.3 Å². The van der Waals surface area contributed by atoms with E-state index in [1.54, 1.807) is 38.6 Å². The van der Waals surface area contributed by atoms with Crippen LogP contribution in [0.3, 0.4) is 0 Å². The summed E-state index contributed by atoms with van der Waals surface area (Å²) in [4.78, 5) is 31.9. The van der Waals surface area contributed by atoms with E-state index in [1.807, 2.05) is 6.07 Å². The van der Waals surface area contributed by atoms with E-state index in [4.69, 9.17) is 18.9 Å². The molecule has 0 spiro atoms. The van der Waals surface area contributed by atoms with Gasteiger partial charge in [0.2, 0.25) is 0 Å². The number of ether oxygens (including phenoxy) is 4. The van der Waals surface area contributed by atoms with Crippen LogP contribution in [0.25, 0.3) is 16.9 Å². The van der Waals surface area contributed by atoms with Gasteiger partial charge >= 0.3 is 5.97 Å². The van der Waals surface area contributed by atoms with Crippen LogP contribution in [0, 0.1) is 5.82 Å². The predicted octanol–water partition coefficient (Wildman–Crippen LogP) is 3.68. The van der Waals surface area contributed by atoms with E-state index in [0.29, 0.717) is 42.5 Å². The van der Waals surface area contributed by atoms with Crippen molar-refractivity contribution in [1.82, 2.24) is 19.5 Å². The van der Waals surface area contributed by atoms with Gasteiger partial charge in [0.1, 0.15) is 5.82 Å². The van der Waals surface area contributed by atoms with Crippen LogP contribution in [-0.4, -0.2) is 85.0 Å². The van der Waals surface area contributed by atoms with Crippen LogP contribution >= 0.6 is 0 Å². The number of methoxy groups -OCH3 is 2. The Balaban J connectivity index is 1.24. The summed E-state index contributed by atoms with van der Waals surface area (Å²) < 4.78 is 37.6. The lowest BCUT2D eigenvalue weighted by molar-refractivity contribution is 0.0297. The second-order valence-corrected chi connectivity index (χ2v) is 9.29. The molecule has 3 heterocycles. The van der Waals surface area contributed by atoms with Gasteiger partial charge in [-0.25, -0.2) is 18.7 Å². The number of fused-ring (bicyclic) bond motifs is 1. The van der Waals surface area contributed by atoms with Crippen LogP contribution < -0.4 is 14.8 Å². The fraction of sp³-hybridized carbons (Fsp3) is 0.310. The van der Waals surface area contributed by atoms with E-state index in [2.05, 4.69) is 20.3 Å². The summed E-state index contributed by atoms with van der Waals surface area (Å²) in [7, 11) is 3.10. The van der Waals surface area contributed by atoms with Crippen LogP contribution in [-0.2, 0) is 9.47 Å². The lowest BCUT2D eigenvalue weighted by Gasteiger charge is -2.26. The summed E-state index contributed by atoms with van der Waals surface area (Å²) in [6.45, 7) is 4.05. The molecule has 1 saturated heterocycles. The Morgan fingerprint density at radius 1 is 1.02 bits per heavy atom. The summed E-state index contributed by atoms with van der Waals surface area (Å²) in [6, 6.07) is 12.5. The second-order valence-electron chi connectivity index (χ2n) is 9.29. The van der Waals surface area contributed by atoms with Gasteiger partial charge in [0.05, 0.1) is 45.3 Å². The predicted molar refractivity (Wildman–Crippen MR) is 148 cm³/mol. The first kappa shape index (κ1) is 28.0. The van der Waals surface area contributed by atoms with E-state index < -0.39 is 17.7 Å². The smallest absolute Gasteiger partial charge is 0.341 e. The molecule has 0 bridgehead atoms. The molecule has 1 N–H and O–H groups in total. The largest absolute Gasteiger partial charge is 0.493 e. The Hall–Kier alpha value is -4.55. The molecule has 0 saturated carbocycles. The minimum atomic E-state index is -0.798. The molecular weight excluding hydrogens is 533 g/mol. The number of nitrogens with one attached hydrogen (secondary N) is 1. The lowest BCUT2D eigenvalue weighted by Crippen LogP contribution is -2.37. The summed E-state index contributed by atoms with van der Waals surface area (Å²) in [5, 5.41) is 7.04. The van der Waals surface area contributed by atoms with Crippen molar-refractivity contribution in [3.63, 3.8) is 0 Å². The van der Waals surface area contributed by atoms with Crippen molar-refractivity contribution >= 4 is 23.2 Å². The van der Waals surface area contributed by atoms with Crippen LogP contribution in [0.1, 0.15) is 27.3 Å². The molecule has 11 nitrogen and oxygen atoms in total. The van der Waals surface area contributed by atoms with E-state index in [-0.39, 0.29) is 23.6 Å². The molecule has 0 atom stereocenters. The highest BCUT2D eigenvalue weighted by atomic mass is 19.1. The van der Waals surface area contributed by atoms with Crippen molar-refractivity contribution in [3.05, 3.63) is 71.8 Å². The molecule has 214 valence electrons. The molecule has 41 heavy (non-hydrogen) atoms. The van der Waals surface area contributed by atoms with Crippen LogP contribution in [0.15, 0.2) is 54.7 Å². The van der Waals surface area contributed by atoms with Gasteiger partial charge in [-0.15, -0.1) is 0 Å². The third kappa shape index (κ3) is 6.44. The van der Waals surface area contributed by atoms with Crippen LogP contribution in [0.4, 0.5) is 10.1 Å². The zero-order valence-electron chi connectivity index (χ0n) is 22.8. The molecule has 1 aliphatic heterocycles. The number of esters is 1. The number of carbonyl (C=O) groups is 2. The maximum Gasteiger partial charge on any atom is 0.341 e. The van der Waals surface area contributed by atoms with Gasteiger partial charge in [-0.3, -0.25) is 9.69 Å². The fourth-order valence-electron chi connectivity index (χ4n) is 4.53. The average molecular weight is 564 g/mol. The third-order valence-electron chi connectivity index (χ3n) is 6.67. The lowest BCUT2D eigenvalue weighted by atomic mass is 10.1. The first-order chi connectivity index (χ1) is 20.0. The van der Waals surface area contributed by atoms with Crippen molar-refractivity contribution in [2.45, 2.75) is 6.42 Å². The van der Waals surface area contributed by atoms with E-state index in [1.165, 1.54) is 22.7 Å². The number of carbonyl (C=O) groups excluding carboxylic acids is 2. The highest BCUT2D eigenvalue weighted by Gasteiger charge is 2.18. The third-order valence-corrected chi connectivity index (χ3v) is 6.67. The number of benzene rings is 2. The molecule has 4 aromatic rings. The van der Waals surface area contributed by atoms with Gasteiger partial charge in [0, 0.05) is 43.1 Å². The summed E-state index contributed by atoms with van der Waals surface area (Å²) in [5.74, 6) is -0.990. The standard InChI is InChI=1S/C29H30FN5O6/c1-38-25-7-4-19(16-26(25)39-2)24-8-9-31-27-18-23(33-35(24)27)28(36)32-20-5-6-21(22(30)17-20)29(37)41-13-3-10-34-11-14-40-15-12-34/h4-9,16-18H,3,10-15H2,1-2H3,(H,32,36). The van der Waals surface area contributed by atoms with E-state index >= 15 is 0 Å². The second kappa shape index (κ2) is 12.7. The molecule has 1 amide bonds. The number of hydrogen-bond donors (Lipinski definition) is 1. The van der Waals surface area contributed by atoms with Crippen molar-refractivity contribution in [2.75, 3.05) is 59.0 Å². The molecule has 12 heteroatoms. The van der Waals surface area contributed by atoms with Gasteiger partial charge in [-0.2, -0.15) is 5.10 Å².